The highest BCUT2D eigenvalue weighted by atomic mass is 32.2. The molecule has 0 saturated heterocycles. The Morgan fingerprint density at radius 1 is 1.29 bits per heavy atom. The van der Waals surface area contributed by atoms with Crippen molar-refractivity contribution < 1.29 is 4.79 Å². The average Bonchev–Trinajstić information content (AvgIpc) is 2.97. The van der Waals surface area contributed by atoms with Crippen LogP contribution in [0.2, 0.25) is 0 Å². The lowest BCUT2D eigenvalue weighted by molar-refractivity contribution is 0.448. The van der Waals surface area contributed by atoms with Crippen LogP contribution in [0.1, 0.15) is 36.8 Å². The summed E-state index contributed by atoms with van der Waals surface area (Å²) in [5.41, 5.74) is 2.45. The second-order valence-electron chi connectivity index (χ2n) is 4.83. The van der Waals surface area contributed by atoms with Crippen LogP contribution in [0.15, 0.2) is 28.1 Å². The molecule has 1 aliphatic carbocycles. The van der Waals surface area contributed by atoms with Crippen LogP contribution in [0.3, 0.4) is 0 Å². The summed E-state index contributed by atoms with van der Waals surface area (Å²) in [6.07, 6.45) is 7.28. The van der Waals surface area contributed by atoms with Crippen LogP contribution in [0.5, 0.6) is 0 Å². The fraction of sp³-hybridized carbons (Fsp3) is 0.500. The van der Waals surface area contributed by atoms with E-state index in [1.54, 1.807) is 6.08 Å². The van der Waals surface area contributed by atoms with Crippen LogP contribution < -0.4 is 0 Å². The van der Waals surface area contributed by atoms with E-state index in [0.29, 0.717) is 0 Å². The molecule has 17 heavy (non-hydrogen) atoms. The molecule has 0 spiro atoms. The van der Waals surface area contributed by atoms with Gasteiger partial charge in [-0.2, -0.15) is 4.99 Å². The van der Waals surface area contributed by atoms with Gasteiger partial charge in [-0.1, -0.05) is 31.0 Å². The molecule has 1 aliphatic heterocycles. The van der Waals surface area contributed by atoms with Crippen molar-refractivity contribution in [1.29, 1.82) is 0 Å². The summed E-state index contributed by atoms with van der Waals surface area (Å²) in [5.74, 6) is 1.16. The van der Waals surface area contributed by atoms with E-state index in [0.717, 1.165) is 25.0 Å². The van der Waals surface area contributed by atoms with Gasteiger partial charge < -0.3 is 0 Å². The SMILES string of the molecule is O=C=NC1(c2cccc3c2SCC3)CCCC1. The Morgan fingerprint density at radius 3 is 2.88 bits per heavy atom. The van der Waals surface area contributed by atoms with Crippen LogP contribution in [-0.2, 0) is 16.8 Å². The normalized spacial score (nSPS) is 20.9. The lowest BCUT2D eigenvalue weighted by Crippen LogP contribution is -2.20. The average molecular weight is 245 g/mol. The number of thioether (sulfide) groups is 1. The lowest BCUT2D eigenvalue weighted by Gasteiger charge is -2.25. The minimum absolute atomic E-state index is 0.259. The summed E-state index contributed by atoms with van der Waals surface area (Å²) in [6.45, 7) is 0. The van der Waals surface area contributed by atoms with Crippen molar-refractivity contribution >= 4 is 17.8 Å². The van der Waals surface area contributed by atoms with Gasteiger partial charge in [0.1, 0.15) is 0 Å². The second-order valence-corrected chi connectivity index (χ2v) is 5.94. The van der Waals surface area contributed by atoms with Gasteiger partial charge in [0.15, 0.2) is 0 Å². The van der Waals surface area contributed by atoms with Gasteiger partial charge in [-0.15, -0.1) is 11.8 Å². The maximum atomic E-state index is 10.7. The summed E-state index contributed by atoms with van der Waals surface area (Å²) < 4.78 is 0. The van der Waals surface area contributed by atoms with Crippen molar-refractivity contribution in [2.24, 2.45) is 4.99 Å². The molecule has 3 heteroatoms. The Kier molecular flexibility index (Phi) is 2.81. The third-order valence-electron chi connectivity index (χ3n) is 3.91. The zero-order valence-electron chi connectivity index (χ0n) is 9.74. The number of rotatable bonds is 2. The van der Waals surface area contributed by atoms with E-state index < -0.39 is 0 Å². The standard InChI is InChI=1S/C14H15NOS/c16-10-15-14(7-1-2-8-14)12-5-3-4-11-6-9-17-13(11)12/h3-5H,1-2,6-9H2. The first kappa shape index (κ1) is 11.1. The molecular formula is C14H15NOS. The van der Waals surface area contributed by atoms with Crippen LogP contribution in [0.25, 0.3) is 0 Å². The van der Waals surface area contributed by atoms with Crippen molar-refractivity contribution in [3.8, 4) is 0 Å². The Hall–Kier alpha value is -1.05. The first-order valence-electron chi connectivity index (χ1n) is 6.20. The summed E-state index contributed by atoms with van der Waals surface area (Å²) in [7, 11) is 0. The van der Waals surface area contributed by atoms with Crippen LogP contribution in [0, 0.1) is 0 Å². The number of nitrogens with zero attached hydrogens (tertiary/aromatic N) is 1. The molecule has 3 rings (SSSR count). The summed E-state index contributed by atoms with van der Waals surface area (Å²) in [4.78, 5) is 16.3. The van der Waals surface area contributed by atoms with Gasteiger partial charge in [-0.25, -0.2) is 4.79 Å². The smallest absolute Gasteiger partial charge is 0.211 e. The maximum absolute atomic E-state index is 10.7. The lowest BCUT2D eigenvalue weighted by atomic mass is 9.87. The zero-order valence-corrected chi connectivity index (χ0v) is 10.6. The molecule has 0 amide bonds. The van der Waals surface area contributed by atoms with E-state index in [1.165, 1.54) is 28.9 Å². The molecule has 0 atom stereocenters. The van der Waals surface area contributed by atoms with Crippen molar-refractivity contribution in [1.82, 2.24) is 0 Å². The maximum Gasteiger partial charge on any atom is 0.235 e. The zero-order chi connectivity index (χ0) is 11.7. The minimum Gasteiger partial charge on any atom is -0.211 e. The second kappa shape index (κ2) is 4.32. The number of aliphatic imine (C=N–C) groups is 1. The molecule has 88 valence electrons. The van der Waals surface area contributed by atoms with Gasteiger partial charge in [0.05, 0.1) is 5.54 Å². The Balaban J connectivity index is 2.14. The molecular weight excluding hydrogens is 230 g/mol. The third-order valence-corrected chi connectivity index (χ3v) is 5.09. The van der Waals surface area contributed by atoms with E-state index in [4.69, 9.17) is 0 Å². The molecule has 1 aromatic rings. The number of hydrogen-bond acceptors (Lipinski definition) is 3. The molecule has 0 N–H and O–H groups in total. The van der Waals surface area contributed by atoms with E-state index in [1.807, 2.05) is 11.8 Å². The summed E-state index contributed by atoms with van der Waals surface area (Å²) in [6, 6.07) is 6.47. The molecule has 1 aromatic carbocycles. The first-order valence-corrected chi connectivity index (χ1v) is 7.18. The van der Waals surface area contributed by atoms with Gasteiger partial charge >= 0.3 is 0 Å². The van der Waals surface area contributed by atoms with Crippen molar-refractivity contribution in [3.63, 3.8) is 0 Å². The van der Waals surface area contributed by atoms with Crippen molar-refractivity contribution in [2.45, 2.75) is 42.5 Å². The van der Waals surface area contributed by atoms with Crippen molar-refractivity contribution in [2.75, 3.05) is 5.75 Å². The highest BCUT2D eigenvalue weighted by Crippen LogP contribution is 2.48. The molecule has 2 aliphatic rings. The number of aryl methyl sites for hydroxylation is 1. The molecule has 0 aromatic heterocycles. The van der Waals surface area contributed by atoms with Gasteiger partial charge in [0.2, 0.25) is 6.08 Å². The highest BCUT2D eigenvalue weighted by molar-refractivity contribution is 7.99. The van der Waals surface area contributed by atoms with E-state index >= 15 is 0 Å². The summed E-state index contributed by atoms with van der Waals surface area (Å²) >= 11 is 1.92. The fourth-order valence-corrected chi connectivity index (χ4v) is 4.37. The number of fused-ring (bicyclic) bond motifs is 1. The molecule has 0 bridgehead atoms. The van der Waals surface area contributed by atoms with Gasteiger partial charge in [-0.3, -0.25) is 0 Å². The monoisotopic (exact) mass is 245 g/mol. The number of hydrogen-bond donors (Lipinski definition) is 0. The first-order chi connectivity index (χ1) is 8.36. The number of benzene rings is 1. The number of carbonyl (C=O) groups excluding carboxylic acids is 1. The predicted molar refractivity (Wildman–Crippen MR) is 69.1 cm³/mol. The fourth-order valence-electron chi connectivity index (χ4n) is 3.07. The van der Waals surface area contributed by atoms with E-state index in [2.05, 4.69) is 23.2 Å². The Bertz CT molecular complexity index is 485. The Labute approximate surface area is 106 Å². The minimum atomic E-state index is -0.259. The number of isocyanates is 1. The highest BCUT2D eigenvalue weighted by Gasteiger charge is 2.38. The Morgan fingerprint density at radius 2 is 2.12 bits per heavy atom. The summed E-state index contributed by atoms with van der Waals surface area (Å²) in [5, 5.41) is 0. The van der Waals surface area contributed by atoms with Crippen LogP contribution in [0.4, 0.5) is 0 Å². The van der Waals surface area contributed by atoms with Crippen LogP contribution in [-0.4, -0.2) is 11.8 Å². The molecule has 2 nitrogen and oxygen atoms in total. The van der Waals surface area contributed by atoms with Gasteiger partial charge in [0, 0.05) is 10.6 Å². The largest absolute Gasteiger partial charge is 0.235 e. The third kappa shape index (κ3) is 1.74. The topological polar surface area (TPSA) is 29.4 Å². The quantitative estimate of drug-likeness (QED) is 0.590. The van der Waals surface area contributed by atoms with E-state index in [-0.39, 0.29) is 5.54 Å². The molecule has 1 heterocycles. The van der Waals surface area contributed by atoms with Gasteiger partial charge in [0.25, 0.3) is 0 Å². The van der Waals surface area contributed by atoms with Crippen LogP contribution >= 0.6 is 11.8 Å². The molecule has 0 radical (unpaired) electrons. The van der Waals surface area contributed by atoms with Crippen molar-refractivity contribution in [3.05, 3.63) is 29.3 Å². The van der Waals surface area contributed by atoms with Gasteiger partial charge in [-0.05, 0) is 30.4 Å². The molecule has 1 saturated carbocycles. The molecule has 1 fully saturated rings. The molecule has 0 unspecified atom stereocenters. The predicted octanol–water partition coefficient (Wildman–Crippen LogP) is 3.44. The van der Waals surface area contributed by atoms with E-state index in [9.17, 15) is 4.79 Å².